The van der Waals surface area contributed by atoms with Crippen LogP contribution >= 0.6 is 0 Å². The highest BCUT2D eigenvalue weighted by Crippen LogP contribution is 2.33. The number of rotatable bonds is 5. The van der Waals surface area contributed by atoms with Crippen LogP contribution in [0.1, 0.15) is 29.8 Å². The van der Waals surface area contributed by atoms with Gasteiger partial charge in [0, 0.05) is 17.1 Å². The number of esters is 1. The second kappa shape index (κ2) is 7.15. The molecule has 0 radical (unpaired) electrons. The van der Waals surface area contributed by atoms with Crippen LogP contribution in [0.15, 0.2) is 48.7 Å². The molecular weight excluding hydrogens is 344 g/mol. The third-order valence-corrected chi connectivity index (χ3v) is 4.71. The summed E-state index contributed by atoms with van der Waals surface area (Å²) in [4.78, 5) is 28.2. The van der Waals surface area contributed by atoms with Crippen molar-refractivity contribution in [3.63, 3.8) is 0 Å². The van der Waals surface area contributed by atoms with Crippen LogP contribution in [0.25, 0.3) is 10.9 Å². The summed E-state index contributed by atoms with van der Waals surface area (Å²) in [7, 11) is 2.92. The smallest absolute Gasteiger partial charge is 0.339 e. The van der Waals surface area contributed by atoms with Gasteiger partial charge in [0.25, 0.3) is 0 Å². The molecule has 0 atom stereocenters. The van der Waals surface area contributed by atoms with Crippen molar-refractivity contribution < 1.29 is 19.1 Å². The molecule has 140 valence electrons. The first kappa shape index (κ1) is 18.5. The minimum absolute atomic E-state index is 0.234. The Morgan fingerprint density at radius 3 is 2.52 bits per heavy atom. The lowest BCUT2D eigenvalue weighted by Crippen LogP contribution is -2.35. The number of aromatic nitrogens is 1. The number of para-hydroxylation sites is 1. The highest BCUT2D eigenvalue weighted by Gasteiger charge is 2.33. The van der Waals surface area contributed by atoms with Crippen molar-refractivity contribution in [2.24, 2.45) is 0 Å². The number of aromatic amines is 1. The minimum atomic E-state index is -0.853. The molecule has 0 bridgehead atoms. The number of ether oxygens (including phenoxy) is 2. The Labute approximate surface area is 157 Å². The van der Waals surface area contributed by atoms with E-state index in [9.17, 15) is 9.59 Å². The molecule has 3 aromatic rings. The maximum Gasteiger partial charge on any atom is 0.339 e. The van der Waals surface area contributed by atoms with Crippen LogP contribution in [-0.4, -0.2) is 31.1 Å². The number of anilines is 1. The molecule has 0 aliphatic carbocycles. The number of carbonyl (C=O) groups excluding carboxylic acids is 2. The van der Waals surface area contributed by atoms with Crippen LogP contribution in [0.3, 0.4) is 0 Å². The zero-order chi connectivity index (χ0) is 19.6. The maximum atomic E-state index is 13.1. The quantitative estimate of drug-likeness (QED) is 0.672. The minimum Gasteiger partial charge on any atom is -0.497 e. The second-order valence-corrected chi connectivity index (χ2v) is 6.73. The molecule has 0 spiro atoms. The van der Waals surface area contributed by atoms with Crippen molar-refractivity contribution in [1.82, 2.24) is 4.98 Å². The lowest BCUT2D eigenvalue weighted by atomic mass is 9.83. The summed E-state index contributed by atoms with van der Waals surface area (Å²) in [6.45, 7) is 3.68. The van der Waals surface area contributed by atoms with Gasteiger partial charge in [0.15, 0.2) is 0 Å². The molecule has 6 nitrogen and oxygen atoms in total. The SMILES string of the molecule is COC(=O)c1ccccc1NC(=O)C(C)(C)c1c[nH]c2ccc(OC)cc12. The zero-order valence-corrected chi connectivity index (χ0v) is 15.8. The molecule has 0 fully saturated rings. The summed E-state index contributed by atoms with van der Waals surface area (Å²) in [6, 6.07) is 12.5. The van der Waals surface area contributed by atoms with Gasteiger partial charge in [-0.2, -0.15) is 0 Å². The van der Waals surface area contributed by atoms with E-state index < -0.39 is 11.4 Å². The van der Waals surface area contributed by atoms with E-state index in [-0.39, 0.29) is 5.91 Å². The zero-order valence-electron chi connectivity index (χ0n) is 15.8. The van der Waals surface area contributed by atoms with Gasteiger partial charge in [-0.05, 0) is 49.7 Å². The molecule has 0 aliphatic heterocycles. The number of hydrogen-bond acceptors (Lipinski definition) is 4. The van der Waals surface area contributed by atoms with Crippen LogP contribution in [-0.2, 0) is 14.9 Å². The van der Waals surface area contributed by atoms with Gasteiger partial charge in [-0.15, -0.1) is 0 Å². The number of methoxy groups -OCH3 is 2. The van der Waals surface area contributed by atoms with Crippen LogP contribution in [0.2, 0.25) is 0 Å². The maximum absolute atomic E-state index is 13.1. The predicted molar refractivity (Wildman–Crippen MR) is 104 cm³/mol. The summed E-state index contributed by atoms with van der Waals surface area (Å²) in [5, 5.41) is 3.78. The molecule has 27 heavy (non-hydrogen) atoms. The number of hydrogen-bond donors (Lipinski definition) is 2. The summed E-state index contributed by atoms with van der Waals surface area (Å²) in [5.74, 6) is -0.0151. The van der Waals surface area contributed by atoms with E-state index in [1.165, 1.54) is 7.11 Å². The molecule has 0 saturated heterocycles. The van der Waals surface area contributed by atoms with Crippen LogP contribution in [0.5, 0.6) is 5.75 Å². The number of fused-ring (bicyclic) bond motifs is 1. The highest BCUT2D eigenvalue weighted by atomic mass is 16.5. The molecule has 1 heterocycles. The number of carbonyl (C=O) groups is 2. The molecule has 0 unspecified atom stereocenters. The summed E-state index contributed by atoms with van der Waals surface area (Å²) >= 11 is 0. The molecule has 3 rings (SSSR count). The van der Waals surface area contributed by atoms with Crippen molar-refractivity contribution >= 4 is 28.5 Å². The van der Waals surface area contributed by atoms with E-state index in [1.54, 1.807) is 31.4 Å². The number of amides is 1. The van der Waals surface area contributed by atoms with Crippen molar-refractivity contribution in [3.05, 3.63) is 59.8 Å². The summed E-state index contributed by atoms with van der Waals surface area (Å²) in [6.07, 6.45) is 1.83. The van der Waals surface area contributed by atoms with Gasteiger partial charge in [0.05, 0.1) is 30.9 Å². The summed E-state index contributed by atoms with van der Waals surface area (Å²) in [5.41, 5.74) is 1.63. The lowest BCUT2D eigenvalue weighted by Gasteiger charge is -2.24. The number of benzene rings is 2. The Morgan fingerprint density at radius 2 is 1.81 bits per heavy atom. The first-order chi connectivity index (χ1) is 12.9. The average molecular weight is 366 g/mol. The third-order valence-electron chi connectivity index (χ3n) is 4.71. The van der Waals surface area contributed by atoms with Crippen molar-refractivity contribution in [2.45, 2.75) is 19.3 Å². The van der Waals surface area contributed by atoms with E-state index in [0.717, 1.165) is 22.2 Å². The van der Waals surface area contributed by atoms with E-state index >= 15 is 0 Å². The van der Waals surface area contributed by atoms with Gasteiger partial charge in [-0.3, -0.25) is 4.79 Å². The fourth-order valence-corrected chi connectivity index (χ4v) is 3.02. The standard InChI is InChI=1S/C21H22N2O4/c1-21(2,16-12-22-17-10-9-13(26-3)11-15(16)17)20(25)23-18-8-6-5-7-14(18)19(24)27-4/h5-12,22H,1-4H3,(H,23,25). The van der Waals surface area contributed by atoms with Crippen LogP contribution < -0.4 is 10.1 Å². The van der Waals surface area contributed by atoms with E-state index in [1.807, 2.05) is 38.2 Å². The van der Waals surface area contributed by atoms with E-state index in [0.29, 0.717) is 11.3 Å². The Balaban J connectivity index is 1.96. The Morgan fingerprint density at radius 1 is 1.07 bits per heavy atom. The van der Waals surface area contributed by atoms with Crippen molar-refractivity contribution in [3.8, 4) is 5.75 Å². The van der Waals surface area contributed by atoms with Crippen molar-refractivity contribution in [2.75, 3.05) is 19.5 Å². The molecule has 0 aliphatic rings. The van der Waals surface area contributed by atoms with Crippen molar-refractivity contribution in [1.29, 1.82) is 0 Å². The molecule has 6 heteroatoms. The Kier molecular flexibility index (Phi) is 4.90. The van der Waals surface area contributed by atoms with Gasteiger partial charge in [-0.1, -0.05) is 12.1 Å². The normalized spacial score (nSPS) is 11.3. The second-order valence-electron chi connectivity index (χ2n) is 6.73. The highest BCUT2D eigenvalue weighted by molar-refractivity contribution is 6.06. The molecule has 1 amide bonds. The van der Waals surface area contributed by atoms with E-state index in [2.05, 4.69) is 10.3 Å². The van der Waals surface area contributed by atoms with Gasteiger partial charge < -0.3 is 19.8 Å². The lowest BCUT2D eigenvalue weighted by molar-refractivity contribution is -0.120. The average Bonchev–Trinajstić information content (AvgIpc) is 3.11. The molecule has 2 N–H and O–H groups in total. The molecule has 0 saturated carbocycles. The van der Waals surface area contributed by atoms with Gasteiger partial charge >= 0.3 is 5.97 Å². The van der Waals surface area contributed by atoms with Gasteiger partial charge in [-0.25, -0.2) is 4.79 Å². The molecule has 2 aromatic carbocycles. The Bertz CT molecular complexity index is 1000. The first-order valence-corrected chi connectivity index (χ1v) is 8.53. The molecule has 1 aromatic heterocycles. The van der Waals surface area contributed by atoms with Crippen LogP contribution in [0.4, 0.5) is 5.69 Å². The largest absolute Gasteiger partial charge is 0.497 e. The monoisotopic (exact) mass is 366 g/mol. The number of nitrogens with one attached hydrogen (secondary N) is 2. The summed E-state index contributed by atoms with van der Waals surface area (Å²) < 4.78 is 10.1. The fraction of sp³-hybridized carbons (Fsp3) is 0.238. The van der Waals surface area contributed by atoms with Gasteiger partial charge in [0.2, 0.25) is 5.91 Å². The topological polar surface area (TPSA) is 80.4 Å². The third kappa shape index (κ3) is 3.38. The number of H-pyrrole nitrogens is 1. The first-order valence-electron chi connectivity index (χ1n) is 8.53. The predicted octanol–water partition coefficient (Wildman–Crippen LogP) is 3.88. The van der Waals surface area contributed by atoms with Gasteiger partial charge in [0.1, 0.15) is 5.75 Å². The molecular formula is C21H22N2O4. The van der Waals surface area contributed by atoms with Crippen LogP contribution in [0, 0.1) is 0 Å². The van der Waals surface area contributed by atoms with E-state index in [4.69, 9.17) is 9.47 Å². The Hall–Kier alpha value is -3.28. The fourth-order valence-electron chi connectivity index (χ4n) is 3.02.